The number of ether oxygens (including phenoxy) is 2. The first-order valence-electron chi connectivity index (χ1n) is 7.36. The van der Waals surface area contributed by atoms with Gasteiger partial charge >= 0.3 is 5.97 Å². The molecule has 1 N–H and O–H groups in total. The highest BCUT2D eigenvalue weighted by Gasteiger charge is 2.41. The maximum atomic E-state index is 11.5. The zero-order valence-corrected chi connectivity index (χ0v) is 12.3. The van der Waals surface area contributed by atoms with Gasteiger partial charge in [0.2, 0.25) is 11.9 Å². The second kappa shape index (κ2) is 6.62. The molecule has 1 heterocycles. The van der Waals surface area contributed by atoms with Crippen LogP contribution in [-0.2, 0) is 14.3 Å². The summed E-state index contributed by atoms with van der Waals surface area (Å²) in [4.78, 5) is 22.6. The number of carbonyl (C=O) groups excluding carboxylic acids is 2. The van der Waals surface area contributed by atoms with Gasteiger partial charge in [-0.25, -0.2) is 4.79 Å². The first-order chi connectivity index (χ1) is 11.1. The van der Waals surface area contributed by atoms with E-state index in [1.165, 1.54) is 0 Å². The number of benzene rings is 2. The number of ketones is 1. The predicted octanol–water partition coefficient (Wildman–Crippen LogP) is 1.98. The topological polar surface area (TPSA) is 72.8 Å². The van der Waals surface area contributed by atoms with Crippen molar-refractivity contribution in [1.82, 2.24) is 0 Å². The molecule has 3 rings (SSSR count). The van der Waals surface area contributed by atoms with E-state index in [2.05, 4.69) is 0 Å². The van der Waals surface area contributed by atoms with E-state index in [0.717, 1.165) is 11.1 Å². The molecule has 2 atom stereocenters. The highest BCUT2D eigenvalue weighted by Crippen LogP contribution is 2.22. The van der Waals surface area contributed by atoms with Gasteiger partial charge in [-0.2, -0.15) is 0 Å². The quantitative estimate of drug-likeness (QED) is 0.675. The lowest BCUT2D eigenvalue weighted by Gasteiger charge is -2.10. The number of Topliss-reactive ketones (excluding diaryl/α,β-unsaturated/α-hetero) is 1. The third kappa shape index (κ3) is 3.40. The summed E-state index contributed by atoms with van der Waals surface area (Å²) in [5, 5.41) is 9.23. The van der Waals surface area contributed by atoms with Crippen molar-refractivity contribution in [1.29, 1.82) is 0 Å². The van der Waals surface area contributed by atoms with E-state index < -0.39 is 24.0 Å². The number of carbonyl (C=O) groups is 2. The molecule has 0 amide bonds. The lowest BCUT2D eigenvalue weighted by molar-refractivity contribution is -0.147. The van der Waals surface area contributed by atoms with Gasteiger partial charge in [0.15, 0.2) is 6.10 Å². The summed E-state index contributed by atoms with van der Waals surface area (Å²) in [5.41, 5.74) is 2.21. The van der Waals surface area contributed by atoms with Crippen molar-refractivity contribution in [2.45, 2.75) is 18.6 Å². The Bertz CT molecular complexity index is 693. The first kappa shape index (κ1) is 15.2. The Balaban J connectivity index is 1.53. The van der Waals surface area contributed by atoms with Crippen molar-refractivity contribution in [2.75, 3.05) is 6.61 Å². The summed E-state index contributed by atoms with van der Waals surface area (Å²) in [6, 6.07) is 17.6. The van der Waals surface area contributed by atoms with Crippen LogP contribution in [-0.4, -0.2) is 35.7 Å². The van der Waals surface area contributed by atoms with Crippen molar-refractivity contribution in [3.63, 3.8) is 0 Å². The number of aliphatic hydroxyl groups is 1. The second-order valence-corrected chi connectivity index (χ2v) is 5.26. The Labute approximate surface area is 133 Å². The molecule has 0 saturated carbocycles. The van der Waals surface area contributed by atoms with Gasteiger partial charge in [-0.1, -0.05) is 42.5 Å². The fourth-order valence-corrected chi connectivity index (χ4v) is 2.41. The minimum Gasteiger partial charge on any atom is -0.493 e. The summed E-state index contributed by atoms with van der Waals surface area (Å²) in [6.07, 6.45) is -2.34. The van der Waals surface area contributed by atoms with Crippen molar-refractivity contribution < 1.29 is 24.2 Å². The molecule has 0 spiro atoms. The van der Waals surface area contributed by atoms with Crippen LogP contribution in [0.4, 0.5) is 0 Å². The highest BCUT2D eigenvalue weighted by molar-refractivity contribution is 6.08. The van der Waals surface area contributed by atoms with Crippen LogP contribution in [0.3, 0.4) is 0 Å². The number of hydrogen-bond donors (Lipinski definition) is 1. The van der Waals surface area contributed by atoms with E-state index in [-0.39, 0.29) is 13.0 Å². The molecule has 1 saturated heterocycles. The Morgan fingerprint density at radius 1 is 0.957 bits per heavy atom. The van der Waals surface area contributed by atoms with E-state index in [1.807, 2.05) is 54.6 Å². The third-order valence-corrected chi connectivity index (χ3v) is 3.68. The zero-order valence-electron chi connectivity index (χ0n) is 12.3. The minimum atomic E-state index is -1.65. The van der Waals surface area contributed by atoms with Gasteiger partial charge in [-0.05, 0) is 23.3 Å². The normalized spacial score (nSPS) is 20.4. The van der Waals surface area contributed by atoms with Gasteiger partial charge in [0.05, 0.1) is 6.61 Å². The predicted molar refractivity (Wildman–Crippen MR) is 82.9 cm³/mol. The number of esters is 1. The van der Waals surface area contributed by atoms with E-state index in [1.54, 1.807) is 0 Å². The molecule has 2 unspecified atom stereocenters. The van der Waals surface area contributed by atoms with Crippen LogP contribution in [0, 0.1) is 0 Å². The third-order valence-electron chi connectivity index (χ3n) is 3.68. The van der Waals surface area contributed by atoms with E-state index in [9.17, 15) is 14.7 Å². The largest absolute Gasteiger partial charge is 0.493 e. The van der Waals surface area contributed by atoms with E-state index in [4.69, 9.17) is 9.47 Å². The average molecular weight is 312 g/mol. The van der Waals surface area contributed by atoms with Gasteiger partial charge in [0, 0.05) is 6.42 Å². The standard InChI is InChI=1S/C18H16O5/c19-16-15(23-18(21)17(16)20)10-11-22-14-8-6-13(7-9-14)12-4-2-1-3-5-12/h1-9,15,17,20H,10-11H2. The van der Waals surface area contributed by atoms with Crippen molar-refractivity contribution in [3.8, 4) is 16.9 Å². The molecule has 0 aromatic heterocycles. The van der Waals surface area contributed by atoms with Crippen molar-refractivity contribution in [3.05, 3.63) is 54.6 Å². The number of hydrogen-bond acceptors (Lipinski definition) is 5. The molecular weight excluding hydrogens is 296 g/mol. The minimum absolute atomic E-state index is 0.223. The smallest absolute Gasteiger partial charge is 0.343 e. The first-order valence-corrected chi connectivity index (χ1v) is 7.36. The summed E-state index contributed by atoms with van der Waals surface area (Å²) < 4.78 is 10.3. The van der Waals surface area contributed by atoms with E-state index >= 15 is 0 Å². The highest BCUT2D eigenvalue weighted by atomic mass is 16.6. The fourth-order valence-electron chi connectivity index (χ4n) is 2.41. The average Bonchev–Trinajstić information content (AvgIpc) is 2.83. The lowest BCUT2D eigenvalue weighted by atomic mass is 10.1. The zero-order chi connectivity index (χ0) is 16.2. The molecule has 0 radical (unpaired) electrons. The molecule has 5 nitrogen and oxygen atoms in total. The van der Waals surface area contributed by atoms with Crippen molar-refractivity contribution >= 4 is 11.8 Å². The van der Waals surface area contributed by atoms with Crippen LogP contribution in [0.1, 0.15) is 6.42 Å². The lowest BCUT2D eigenvalue weighted by Crippen LogP contribution is -2.26. The molecule has 1 aliphatic heterocycles. The number of rotatable bonds is 5. The number of aliphatic hydroxyl groups excluding tert-OH is 1. The maximum Gasteiger partial charge on any atom is 0.343 e. The molecule has 1 aliphatic rings. The van der Waals surface area contributed by atoms with Crippen LogP contribution in [0.5, 0.6) is 5.75 Å². The van der Waals surface area contributed by atoms with Gasteiger partial charge in [-0.3, -0.25) is 4.79 Å². The molecule has 5 heteroatoms. The van der Waals surface area contributed by atoms with Crippen LogP contribution >= 0.6 is 0 Å². The van der Waals surface area contributed by atoms with Crippen LogP contribution in [0.2, 0.25) is 0 Å². The summed E-state index contributed by atoms with van der Waals surface area (Å²) in [5.74, 6) is -0.813. The molecule has 23 heavy (non-hydrogen) atoms. The molecule has 0 aliphatic carbocycles. The molecule has 2 aromatic carbocycles. The Morgan fingerprint density at radius 3 is 2.22 bits per heavy atom. The second-order valence-electron chi connectivity index (χ2n) is 5.26. The fraction of sp³-hybridized carbons (Fsp3) is 0.222. The molecule has 1 fully saturated rings. The Morgan fingerprint density at radius 2 is 1.61 bits per heavy atom. The SMILES string of the molecule is O=C1OC(CCOc2ccc(-c3ccccc3)cc2)C(=O)C1O. The Hall–Kier alpha value is -2.66. The summed E-state index contributed by atoms with van der Waals surface area (Å²) in [6.45, 7) is 0.223. The van der Waals surface area contributed by atoms with Gasteiger partial charge in [0.25, 0.3) is 0 Å². The van der Waals surface area contributed by atoms with Crippen LogP contribution in [0.15, 0.2) is 54.6 Å². The summed E-state index contributed by atoms with van der Waals surface area (Å²) >= 11 is 0. The van der Waals surface area contributed by atoms with Crippen LogP contribution < -0.4 is 4.74 Å². The molecule has 118 valence electrons. The monoisotopic (exact) mass is 312 g/mol. The molecular formula is C18H16O5. The molecule has 0 bridgehead atoms. The summed E-state index contributed by atoms with van der Waals surface area (Å²) in [7, 11) is 0. The number of cyclic esters (lactones) is 1. The maximum absolute atomic E-state index is 11.5. The van der Waals surface area contributed by atoms with E-state index in [0.29, 0.717) is 5.75 Å². The van der Waals surface area contributed by atoms with Crippen molar-refractivity contribution in [2.24, 2.45) is 0 Å². The Kier molecular flexibility index (Phi) is 4.39. The molecule has 2 aromatic rings. The van der Waals surface area contributed by atoms with Gasteiger partial charge in [-0.15, -0.1) is 0 Å². The van der Waals surface area contributed by atoms with Gasteiger partial charge in [0.1, 0.15) is 5.75 Å². The van der Waals surface area contributed by atoms with Gasteiger partial charge < -0.3 is 14.6 Å². The van der Waals surface area contributed by atoms with Crippen LogP contribution in [0.25, 0.3) is 11.1 Å².